The Bertz CT molecular complexity index is 925. The SMILES string of the molecule is Cc1cccc(OCC(=O)N2CCN(S(=O)(=O)c3cccc(F)c3)CC2)c1. The van der Waals surface area contributed by atoms with Crippen LogP contribution in [0, 0.1) is 12.7 Å². The van der Waals surface area contributed by atoms with Crippen LogP contribution in [0.2, 0.25) is 0 Å². The maximum Gasteiger partial charge on any atom is 0.260 e. The van der Waals surface area contributed by atoms with Crippen molar-refractivity contribution in [1.82, 2.24) is 9.21 Å². The monoisotopic (exact) mass is 392 g/mol. The van der Waals surface area contributed by atoms with E-state index < -0.39 is 15.8 Å². The molecular weight excluding hydrogens is 371 g/mol. The van der Waals surface area contributed by atoms with Crippen LogP contribution >= 0.6 is 0 Å². The third-order valence-corrected chi connectivity index (χ3v) is 6.27. The van der Waals surface area contributed by atoms with E-state index >= 15 is 0 Å². The predicted octanol–water partition coefficient (Wildman–Crippen LogP) is 2.05. The Balaban J connectivity index is 1.56. The van der Waals surface area contributed by atoms with E-state index in [1.807, 2.05) is 25.1 Å². The third-order valence-electron chi connectivity index (χ3n) is 4.38. The highest BCUT2D eigenvalue weighted by Gasteiger charge is 2.30. The number of halogens is 1. The first-order chi connectivity index (χ1) is 12.9. The van der Waals surface area contributed by atoms with Gasteiger partial charge in [-0.2, -0.15) is 4.31 Å². The second kappa shape index (κ2) is 8.06. The summed E-state index contributed by atoms with van der Waals surface area (Å²) in [6, 6.07) is 12.3. The van der Waals surface area contributed by atoms with Gasteiger partial charge in [0.25, 0.3) is 5.91 Å². The smallest absolute Gasteiger partial charge is 0.260 e. The molecule has 0 saturated carbocycles. The summed E-state index contributed by atoms with van der Waals surface area (Å²) in [4.78, 5) is 13.8. The van der Waals surface area contributed by atoms with Crippen LogP contribution in [0.4, 0.5) is 4.39 Å². The summed E-state index contributed by atoms with van der Waals surface area (Å²) in [6.45, 7) is 2.70. The summed E-state index contributed by atoms with van der Waals surface area (Å²) in [6.07, 6.45) is 0. The van der Waals surface area contributed by atoms with Crippen LogP contribution in [0.5, 0.6) is 5.75 Å². The van der Waals surface area contributed by atoms with E-state index in [4.69, 9.17) is 4.74 Å². The summed E-state index contributed by atoms with van der Waals surface area (Å²) in [5.74, 6) is -0.173. The fourth-order valence-electron chi connectivity index (χ4n) is 2.90. The first kappa shape index (κ1) is 19.3. The van der Waals surface area contributed by atoms with E-state index in [0.717, 1.165) is 11.6 Å². The zero-order valence-electron chi connectivity index (χ0n) is 15.0. The number of nitrogens with zero attached hydrogens (tertiary/aromatic N) is 2. The van der Waals surface area contributed by atoms with Gasteiger partial charge in [-0.25, -0.2) is 12.8 Å². The maximum absolute atomic E-state index is 13.3. The Morgan fingerprint density at radius 3 is 2.44 bits per heavy atom. The van der Waals surface area contributed by atoms with Gasteiger partial charge in [-0.15, -0.1) is 0 Å². The third kappa shape index (κ3) is 4.64. The Labute approximate surface area is 158 Å². The topological polar surface area (TPSA) is 66.9 Å². The highest BCUT2D eigenvalue weighted by molar-refractivity contribution is 7.89. The van der Waals surface area contributed by atoms with Crippen molar-refractivity contribution in [2.75, 3.05) is 32.8 Å². The van der Waals surface area contributed by atoms with Crippen LogP contribution in [-0.4, -0.2) is 56.3 Å². The number of hydrogen-bond donors (Lipinski definition) is 0. The fourth-order valence-corrected chi connectivity index (χ4v) is 4.35. The molecule has 0 atom stereocenters. The van der Waals surface area contributed by atoms with Crippen molar-refractivity contribution >= 4 is 15.9 Å². The van der Waals surface area contributed by atoms with E-state index in [1.165, 1.54) is 22.5 Å². The number of carbonyl (C=O) groups is 1. The van der Waals surface area contributed by atoms with Gasteiger partial charge in [-0.3, -0.25) is 4.79 Å². The summed E-state index contributed by atoms with van der Waals surface area (Å²) in [7, 11) is -3.77. The molecule has 27 heavy (non-hydrogen) atoms. The minimum atomic E-state index is -3.77. The molecule has 1 fully saturated rings. The van der Waals surface area contributed by atoms with Crippen molar-refractivity contribution in [2.45, 2.75) is 11.8 Å². The second-order valence-electron chi connectivity index (χ2n) is 6.35. The summed E-state index contributed by atoms with van der Waals surface area (Å²) >= 11 is 0. The van der Waals surface area contributed by atoms with Crippen LogP contribution in [0.3, 0.4) is 0 Å². The second-order valence-corrected chi connectivity index (χ2v) is 8.29. The molecule has 2 aromatic rings. The van der Waals surface area contributed by atoms with Gasteiger partial charge in [0.1, 0.15) is 11.6 Å². The van der Waals surface area contributed by atoms with Gasteiger partial charge in [-0.05, 0) is 42.8 Å². The van der Waals surface area contributed by atoms with Gasteiger partial charge in [0.15, 0.2) is 6.61 Å². The molecule has 8 heteroatoms. The lowest BCUT2D eigenvalue weighted by Crippen LogP contribution is -2.51. The summed E-state index contributed by atoms with van der Waals surface area (Å²) in [5, 5.41) is 0. The lowest BCUT2D eigenvalue weighted by atomic mass is 10.2. The molecule has 1 amide bonds. The molecule has 0 aliphatic carbocycles. The Kier molecular flexibility index (Phi) is 5.76. The molecule has 0 radical (unpaired) electrons. The lowest BCUT2D eigenvalue weighted by Gasteiger charge is -2.34. The molecule has 1 heterocycles. The first-order valence-electron chi connectivity index (χ1n) is 8.59. The maximum atomic E-state index is 13.3. The van der Waals surface area contributed by atoms with Crippen molar-refractivity contribution in [1.29, 1.82) is 0 Å². The molecule has 0 N–H and O–H groups in total. The normalized spacial score (nSPS) is 15.6. The van der Waals surface area contributed by atoms with Crippen LogP contribution in [0.15, 0.2) is 53.4 Å². The lowest BCUT2D eigenvalue weighted by molar-refractivity contribution is -0.134. The van der Waals surface area contributed by atoms with E-state index in [1.54, 1.807) is 11.0 Å². The molecule has 1 aliphatic heterocycles. The number of sulfonamides is 1. The van der Waals surface area contributed by atoms with Crippen molar-refractivity contribution < 1.29 is 22.3 Å². The molecular formula is C19H21FN2O4S. The standard InChI is InChI=1S/C19H21FN2O4S/c1-15-4-2-6-17(12-15)26-14-19(23)21-8-10-22(11-9-21)27(24,25)18-7-3-5-16(20)13-18/h2-7,12-13H,8-11,14H2,1H3. The number of ether oxygens (including phenoxy) is 1. The number of hydrogen-bond acceptors (Lipinski definition) is 4. The number of benzene rings is 2. The average molecular weight is 392 g/mol. The minimum Gasteiger partial charge on any atom is -0.484 e. The van der Waals surface area contributed by atoms with Crippen LogP contribution < -0.4 is 4.74 Å². The Hall–Kier alpha value is -2.45. The Morgan fingerprint density at radius 2 is 1.78 bits per heavy atom. The van der Waals surface area contributed by atoms with Crippen molar-refractivity contribution in [2.24, 2.45) is 0 Å². The number of aryl methyl sites for hydroxylation is 1. The molecule has 1 saturated heterocycles. The molecule has 0 aromatic heterocycles. The van der Waals surface area contributed by atoms with E-state index in [0.29, 0.717) is 5.75 Å². The van der Waals surface area contributed by atoms with Crippen LogP contribution in [0.25, 0.3) is 0 Å². The molecule has 0 unspecified atom stereocenters. The number of piperazine rings is 1. The van der Waals surface area contributed by atoms with Gasteiger partial charge in [0, 0.05) is 26.2 Å². The molecule has 0 spiro atoms. The van der Waals surface area contributed by atoms with E-state index in [-0.39, 0.29) is 43.6 Å². The van der Waals surface area contributed by atoms with Crippen LogP contribution in [0.1, 0.15) is 5.56 Å². The van der Waals surface area contributed by atoms with Crippen molar-refractivity contribution in [3.05, 3.63) is 59.9 Å². The molecule has 3 rings (SSSR count). The van der Waals surface area contributed by atoms with Gasteiger partial charge < -0.3 is 9.64 Å². The molecule has 2 aromatic carbocycles. The van der Waals surface area contributed by atoms with Gasteiger partial charge in [-0.1, -0.05) is 18.2 Å². The Morgan fingerprint density at radius 1 is 1.07 bits per heavy atom. The van der Waals surface area contributed by atoms with E-state index in [2.05, 4.69) is 0 Å². The molecule has 1 aliphatic rings. The fraction of sp³-hybridized carbons (Fsp3) is 0.316. The average Bonchev–Trinajstić information content (AvgIpc) is 2.66. The zero-order chi connectivity index (χ0) is 19.4. The van der Waals surface area contributed by atoms with Crippen molar-refractivity contribution in [3.8, 4) is 5.75 Å². The largest absolute Gasteiger partial charge is 0.484 e. The first-order valence-corrected chi connectivity index (χ1v) is 10.0. The van der Waals surface area contributed by atoms with Crippen LogP contribution in [-0.2, 0) is 14.8 Å². The number of carbonyl (C=O) groups excluding carboxylic acids is 1. The van der Waals surface area contributed by atoms with Crippen molar-refractivity contribution in [3.63, 3.8) is 0 Å². The number of rotatable bonds is 5. The summed E-state index contributed by atoms with van der Waals surface area (Å²) in [5.41, 5.74) is 1.04. The molecule has 0 bridgehead atoms. The molecule has 6 nitrogen and oxygen atoms in total. The van der Waals surface area contributed by atoms with E-state index in [9.17, 15) is 17.6 Å². The number of amides is 1. The molecule has 144 valence electrons. The predicted molar refractivity (Wildman–Crippen MR) is 98.4 cm³/mol. The van der Waals surface area contributed by atoms with Gasteiger partial charge in [0.2, 0.25) is 10.0 Å². The van der Waals surface area contributed by atoms with Gasteiger partial charge >= 0.3 is 0 Å². The summed E-state index contributed by atoms with van der Waals surface area (Å²) < 4.78 is 45.3. The van der Waals surface area contributed by atoms with Gasteiger partial charge in [0.05, 0.1) is 4.90 Å². The highest BCUT2D eigenvalue weighted by atomic mass is 32.2. The minimum absolute atomic E-state index is 0.0787. The highest BCUT2D eigenvalue weighted by Crippen LogP contribution is 2.19. The zero-order valence-corrected chi connectivity index (χ0v) is 15.8. The quantitative estimate of drug-likeness (QED) is 0.781.